The molecule has 2 aromatic heterocycles. The Morgan fingerprint density at radius 1 is 0.963 bits per heavy atom. The molecule has 0 aliphatic rings. The second kappa shape index (κ2) is 8.05. The van der Waals surface area contributed by atoms with Crippen molar-refractivity contribution in [2.75, 3.05) is 0 Å². The SMILES string of the molecule is O=C(NCc1ccc(CSc2nc3ccccc3o2)cc1)c1ccncc1. The van der Waals surface area contributed by atoms with Gasteiger partial charge >= 0.3 is 0 Å². The van der Waals surface area contributed by atoms with Crippen LogP contribution in [0.15, 0.2) is 82.7 Å². The van der Waals surface area contributed by atoms with Crippen LogP contribution in [0.1, 0.15) is 21.5 Å². The largest absolute Gasteiger partial charge is 0.431 e. The van der Waals surface area contributed by atoms with Crippen LogP contribution >= 0.6 is 11.8 Å². The molecular formula is C21H17N3O2S. The second-order valence-electron chi connectivity index (χ2n) is 5.97. The Labute approximate surface area is 160 Å². The highest BCUT2D eigenvalue weighted by Gasteiger charge is 2.07. The van der Waals surface area contributed by atoms with Crippen LogP contribution in [0.2, 0.25) is 0 Å². The van der Waals surface area contributed by atoms with E-state index in [-0.39, 0.29) is 5.91 Å². The van der Waals surface area contributed by atoms with Gasteiger partial charge in [-0.2, -0.15) is 0 Å². The number of fused-ring (bicyclic) bond motifs is 1. The van der Waals surface area contributed by atoms with Crippen LogP contribution in [0.25, 0.3) is 11.1 Å². The van der Waals surface area contributed by atoms with Gasteiger partial charge in [-0.15, -0.1) is 0 Å². The summed E-state index contributed by atoms with van der Waals surface area (Å²) < 4.78 is 5.72. The highest BCUT2D eigenvalue weighted by atomic mass is 32.2. The molecule has 0 saturated carbocycles. The van der Waals surface area contributed by atoms with Gasteiger partial charge in [0, 0.05) is 30.3 Å². The normalized spacial score (nSPS) is 10.8. The molecule has 1 amide bonds. The first-order valence-electron chi connectivity index (χ1n) is 8.52. The summed E-state index contributed by atoms with van der Waals surface area (Å²) in [6.45, 7) is 0.486. The number of aromatic nitrogens is 2. The number of carbonyl (C=O) groups excluding carboxylic acids is 1. The number of oxazole rings is 1. The van der Waals surface area contributed by atoms with Gasteiger partial charge in [-0.05, 0) is 35.4 Å². The molecule has 4 rings (SSSR count). The van der Waals surface area contributed by atoms with E-state index in [4.69, 9.17) is 4.42 Å². The lowest BCUT2D eigenvalue weighted by atomic mass is 10.1. The minimum Gasteiger partial charge on any atom is -0.431 e. The molecule has 0 fully saturated rings. The number of thioether (sulfide) groups is 1. The first kappa shape index (κ1) is 17.3. The standard InChI is InChI=1S/C21H17N3O2S/c25-20(17-9-11-22-12-10-17)23-13-15-5-7-16(8-6-15)14-27-21-24-18-3-1-2-4-19(18)26-21/h1-12H,13-14H2,(H,23,25). The molecule has 134 valence electrons. The summed E-state index contributed by atoms with van der Waals surface area (Å²) in [6.07, 6.45) is 3.22. The number of pyridine rings is 1. The Bertz CT molecular complexity index is 1010. The molecule has 1 N–H and O–H groups in total. The number of nitrogens with zero attached hydrogens (tertiary/aromatic N) is 2. The molecule has 5 nitrogen and oxygen atoms in total. The van der Waals surface area contributed by atoms with Crippen molar-refractivity contribution in [3.05, 3.63) is 89.7 Å². The summed E-state index contributed by atoms with van der Waals surface area (Å²) in [5.74, 6) is 0.671. The minimum atomic E-state index is -0.104. The Kier molecular flexibility index (Phi) is 5.16. The van der Waals surface area contributed by atoms with Gasteiger partial charge in [0.15, 0.2) is 5.58 Å². The maximum atomic E-state index is 12.1. The average Bonchev–Trinajstić information content (AvgIpc) is 3.15. The summed E-state index contributed by atoms with van der Waals surface area (Å²) >= 11 is 1.57. The van der Waals surface area contributed by atoms with Gasteiger partial charge in [-0.3, -0.25) is 9.78 Å². The molecule has 0 bridgehead atoms. The molecule has 2 aromatic carbocycles. The molecule has 0 unspecified atom stereocenters. The van der Waals surface area contributed by atoms with Gasteiger partial charge in [0.05, 0.1) is 0 Å². The Balaban J connectivity index is 1.31. The zero-order valence-electron chi connectivity index (χ0n) is 14.5. The van der Waals surface area contributed by atoms with Crippen LogP contribution in [0.5, 0.6) is 0 Å². The predicted molar refractivity (Wildman–Crippen MR) is 105 cm³/mol. The topological polar surface area (TPSA) is 68.0 Å². The second-order valence-corrected chi connectivity index (χ2v) is 6.90. The highest BCUT2D eigenvalue weighted by molar-refractivity contribution is 7.98. The number of benzene rings is 2. The summed E-state index contributed by atoms with van der Waals surface area (Å²) in [7, 11) is 0. The van der Waals surface area contributed by atoms with Gasteiger partial charge < -0.3 is 9.73 Å². The molecule has 4 aromatic rings. The zero-order valence-corrected chi connectivity index (χ0v) is 15.3. The van der Waals surface area contributed by atoms with Crippen LogP contribution in [-0.2, 0) is 12.3 Å². The maximum absolute atomic E-state index is 12.1. The van der Waals surface area contributed by atoms with Crippen LogP contribution in [0.3, 0.4) is 0 Å². The van der Waals surface area contributed by atoms with Crippen LogP contribution in [-0.4, -0.2) is 15.9 Å². The minimum absolute atomic E-state index is 0.104. The molecule has 0 radical (unpaired) electrons. The van der Waals surface area contributed by atoms with E-state index in [1.165, 1.54) is 5.56 Å². The third-order valence-corrected chi connectivity index (χ3v) is 4.95. The molecule has 0 aliphatic carbocycles. The van der Waals surface area contributed by atoms with E-state index >= 15 is 0 Å². The molecule has 0 atom stereocenters. The van der Waals surface area contributed by atoms with Crippen molar-refractivity contribution in [3.8, 4) is 0 Å². The fraction of sp³-hybridized carbons (Fsp3) is 0.0952. The van der Waals surface area contributed by atoms with Crippen LogP contribution in [0.4, 0.5) is 0 Å². The molecule has 0 aliphatic heterocycles. The number of carbonyl (C=O) groups is 1. The van der Waals surface area contributed by atoms with E-state index in [0.717, 1.165) is 22.4 Å². The Morgan fingerprint density at radius 2 is 1.70 bits per heavy atom. The summed E-state index contributed by atoms with van der Waals surface area (Å²) in [4.78, 5) is 20.4. The number of amides is 1. The number of nitrogens with one attached hydrogen (secondary N) is 1. The number of hydrogen-bond acceptors (Lipinski definition) is 5. The predicted octanol–water partition coefficient (Wildman–Crippen LogP) is 4.45. The maximum Gasteiger partial charge on any atom is 0.257 e. The van der Waals surface area contributed by atoms with Crippen molar-refractivity contribution in [2.45, 2.75) is 17.5 Å². The molecule has 6 heteroatoms. The van der Waals surface area contributed by atoms with Crippen molar-refractivity contribution < 1.29 is 9.21 Å². The van der Waals surface area contributed by atoms with Crippen LogP contribution in [0, 0.1) is 0 Å². The summed E-state index contributed by atoms with van der Waals surface area (Å²) in [5.41, 5.74) is 4.51. The smallest absolute Gasteiger partial charge is 0.257 e. The van der Waals surface area contributed by atoms with Crippen molar-refractivity contribution in [1.82, 2.24) is 15.3 Å². The van der Waals surface area contributed by atoms with E-state index in [9.17, 15) is 4.79 Å². The van der Waals surface area contributed by atoms with E-state index in [1.54, 1.807) is 36.3 Å². The van der Waals surface area contributed by atoms with Crippen molar-refractivity contribution in [3.63, 3.8) is 0 Å². The number of hydrogen-bond donors (Lipinski definition) is 1. The van der Waals surface area contributed by atoms with Gasteiger partial charge in [0.25, 0.3) is 11.1 Å². The highest BCUT2D eigenvalue weighted by Crippen LogP contribution is 2.26. The van der Waals surface area contributed by atoms with Gasteiger partial charge in [-0.1, -0.05) is 48.2 Å². The lowest BCUT2D eigenvalue weighted by Crippen LogP contribution is -2.22. The fourth-order valence-electron chi connectivity index (χ4n) is 2.60. The van der Waals surface area contributed by atoms with Gasteiger partial charge in [-0.25, -0.2) is 4.98 Å². The molecule has 0 spiro atoms. The first-order chi connectivity index (χ1) is 13.3. The number of para-hydroxylation sites is 2. The van der Waals surface area contributed by atoms with Crippen molar-refractivity contribution in [2.24, 2.45) is 0 Å². The Morgan fingerprint density at radius 3 is 2.48 bits per heavy atom. The fourth-order valence-corrected chi connectivity index (χ4v) is 3.39. The van der Waals surface area contributed by atoms with Crippen molar-refractivity contribution >= 4 is 28.8 Å². The quantitative estimate of drug-likeness (QED) is 0.505. The third kappa shape index (κ3) is 4.35. The summed E-state index contributed by atoms with van der Waals surface area (Å²) in [6, 6.07) is 19.3. The first-order valence-corrected chi connectivity index (χ1v) is 9.51. The van der Waals surface area contributed by atoms with Gasteiger partial charge in [0.2, 0.25) is 0 Å². The van der Waals surface area contributed by atoms with E-state index < -0.39 is 0 Å². The Hall–Kier alpha value is -3.12. The van der Waals surface area contributed by atoms with Crippen LogP contribution < -0.4 is 5.32 Å². The third-order valence-electron chi connectivity index (χ3n) is 4.06. The lowest BCUT2D eigenvalue weighted by Gasteiger charge is -2.06. The molecule has 27 heavy (non-hydrogen) atoms. The monoisotopic (exact) mass is 375 g/mol. The summed E-state index contributed by atoms with van der Waals surface area (Å²) in [5, 5.41) is 3.58. The molecule has 0 saturated heterocycles. The average molecular weight is 375 g/mol. The zero-order chi connectivity index (χ0) is 18.5. The molecule has 2 heterocycles. The molecular weight excluding hydrogens is 358 g/mol. The number of rotatable bonds is 6. The van der Waals surface area contributed by atoms with E-state index in [2.05, 4.69) is 27.4 Å². The van der Waals surface area contributed by atoms with E-state index in [1.807, 2.05) is 36.4 Å². The van der Waals surface area contributed by atoms with Crippen molar-refractivity contribution in [1.29, 1.82) is 0 Å². The van der Waals surface area contributed by atoms with Gasteiger partial charge in [0.1, 0.15) is 5.52 Å². The van der Waals surface area contributed by atoms with E-state index in [0.29, 0.717) is 17.3 Å². The lowest BCUT2D eigenvalue weighted by molar-refractivity contribution is 0.0951.